The average molecular weight is 336 g/mol. The summed E-state index contributed by atoms with van der Waals surface area (Å²) in [4.78, 5) is 33.5. The van der Waals surface area contributed by atoms with E-state index in [-0.39, 0.29) is 18.9 Å². The van der Waals surface area contributed by atoms with Gasteiger partial charge in [0.2, 0.25) is 5.91 Å². The number of amides is 2. The molecule has 7 heteroatoms. The van der Waals surface area contributed by atoms with Crippen molar-refractivity contribution < 1.29 is 24.2 Å². The molecule has 0 spiro atoms. The fourth-order valence-corrected chi connectivity index (χ4v) is 1.93. The first kappa shape index (κ1) is 19.5. The van der Waals surface area contributed by atoms with E-state index in [0.717, 1.165) is 18.4 Å². The summed E-state index contributed by atoms with van der Waals surface area (Å²) in [5.74, 6) is -1.33. The zero-order valence-electron chi connectivity index (χ0n) is 13.8. The van der Waals surface area contributed by atoms with Crippen molar-refractivity contribution in [3.8, 4) is 0 Å². The van der Waals surface area contributed by atoms with Gasteiger partial charge in [-0.2, -0.15) is 0 Å². The van der Waals surface area contributed by atoms with Crippen LogP contribution in [0.25, 0.3) is 0 Å². The second-order valence-electron chi connectivity index (χ2n) is 5.43. The number of hydrogen-bond donors (Lipinski definition) is 3. The maximum Gasteiger partial charge on any atom is 0.407 e. The Morgan fingerprint density at radius 3 is 2.50 bits per heavy atom. The molecule has 2 amide bonds. The number of carboxylic acids is 1. The highest BCUT2D eigenvalue weighted by Crippen LogP contribution is 2.02. The van der Waals surface area contributed by atoms with Gasteiger partial charge in [0.25, 0.3) is 0 Å². The molecule has 1 atom stereocenters. The second-order valence-corrected chi connectivity index (χ2v) is 5.43. The van der Waals surface area contributed by atoms with E-state index in [4.69, 9.17) is 9.84 Å². The van der Waals surface area contributed by atoms with Crippen molar-refractivity contribution in [2.45, 2.75) is 45.3 Å². The van der Waals surface area contributed by atoms with Crippen LogP contribution in [-0.2, 0) is 20.9 Å². The Balaban J connectivity index is 2.00. The normalized spacial score (nSPS) is 11.4. The molecule has 0 heterocycles. The summed E-state index contributed by atoms with van der Waals surface area (Å²) in [6.45, 7) is 2.13. The van der Waals surface area contributed by atoms with E-state index < -0.39 is 18.1 Å². The van der Waals surface area contributed by atoms with E-state index >= 15 is 0 Å². The van der Waals surface area contributed by atoms with Crippen LogP contribution in [0.5, 0.6) is 0 Å². The first-order valence-electron chi connectivity index (χ1n) is 7.95. The van der Waals surface area contributed by atoms with Crippen LogP contribution < -0.4 is 10.6 Å². The number of ether oxygens (including phenoxy) is 1. The van der Waals surface area contributed by atoms with E-state index in [1.54, 1.807) is 0 Å². The SMILES string of the molecule is C[C@H](NC(=O)CCCCCNC(=O)OCc1ccccc1)C(=O)O. The van der Waals surface area contributed by atoms with Crippen LogP contribution >= 0.6 is 0 Å². The van der Waals surface area contributed by atoms with Crippen molar-refractivity contribution in [3.05, 3.63) is 35.9 Å². The topological polar surface area (TPSA) is 105 Å². The molecule has 1 aromatic carbocycles. The van der Waals surface area contributed by atoms with Crippen LogP contribution in [-0.4, -0.2) is 35.7 Å². The lowest BCUT2D eigenvalue weighted by Gasteiger charge is -2.09. The predicted molar refractivity (Wildman–Crippen MR) is 88.3 cm³/mol. The standard InChI is InChI=1S/C17H24N2O5/c1-13(16(21)22)19-15(20)10-6-3-7-11-18-17(23)24-12-14-8-4-2-5-9-14/h2,4-5,8-9,13H,3,6-7,10-12H2,1H3,(H,18,23)(H,19,20)(H,21,22)/t13-/m0/s1. The summed E-state index contributed by atoms with van der Waals surface area (Å²) in [5.41, 5.74) is 0.925. The zero-order chi connectivity index (χ0) is 17.8. The van der Waals surface area contributed by atoms with Gasteiger partial charge in [-0.3, -0.25) is 9.59 Å². The molecule has 0 saturated carbocycles. The quantitative estimate of drug-likeness (QED) is 0.567. The van der Waals surface area contributed by atoms with Crippen LogP contribution in [0.2, 0.25) is 0 Å². The van der Waals surface area contributed by atoms with Gasteiger partial charge in [0.1, 0.15) is 12.6 Å². The van der Waals surface area contributed by atoms with Crippen molar-refractivity contribution in [1.29, 1.82) is 0 Å². The Bertz CT molecular complexity index is 533. The number of carbonyl (C=O) groups is 3. The molecule has 0 radical (unpaired) electrons. The van der Waals surface area contributed by atoms with E-state index in [2.05, 4.69) is 10.6 Å². The summed E-state index contributed by atoms with van der Waals surface area (Å²) in [7, 11) is 0. The number of aliphatic carboxylic acids is 1. The van der Waals surface area contributed by atoms with Gasteiger partial charge in [-0.15, -0.1) is 0 Å². The van der Waals surface area contributed by atoms with Crippen molar-refractivity contribution >= 4 is 18.0 Å². The summed E-state index contributed by atoms with van der Waals surface area (Å²) < 4.78 is 5.07. The lowest BCUT2D eigenvalue weighted by atomic mass is 10.2. The minimum Gasteiger partial charge on any atom is -0.480 e. The molecule has 0 aromatic heterocycles. The van der Waals surface area contributed by atoms with Crippen LogP contribution in [0, 0.1) is 0 Å². The molecular weight excluding hydrogens is 312 g/mol. The summed E-state index contributed by atoms with van der Waals surface area (Å²) in [6.07, 6.45) is 1.93. The molecule has 0 unspecified atom stereocenters. The van der Waals surface area contributed by atoms with Crippen molar-refractivity contribution in [3.63, 3.8) is 0 Å². The number of hydrogen-bond acceptors (Lipinski definition) is 4. The summed E-state index contributed by atoms with van der Waals surface area (Å²) in [6, 6.07) is 8.53. The largest absolute Gasteiger partial charge is 0.480 e. The molecule has 132 valence electrons. The van der Waals surface area contributed by atoms with E-state index in [1.807, 2.05) is 30.3 Å². The first-order chi connectivity index (χ1) is 11.5. The van der Waals surface area contributed by atoms with E-state index in [1.165, 1.54) is 6.92 Å². The highest BCUT2D eigenvalue weighted by atomic mass is 16.5. The predicted octanol–water partition coefficient (Wildman–Crippen LogP) is 2.06. The zero-order valence-corrected chi connectivity index (χ0v) is 13.8. The monoisotopic (exact) mass is 336 g/mol. The van der Waals surface area contributed by atoms with Crippen LogP contribution in [0.3, 0.4) is 0 Å². The Morgan fingerprint density at radius 2 is 1.83 bits per heavy atom. The fourth-order valence-electron chi connectivity index (χ4n) is 1.93. The molecule has 0 aliphatic heterocycles. The van der Waals surface area contributed by atoms with Gasteiger partial charge in [0.05, 0.1) is 0 Å². The minimum absolute atomic E-state index is 0.231. The smallest absolute Gasteiger partial charge is 0.407 e. The molecule has 7 nitrogen and oxygen atoms in total. The Labute approximate surface area is 141 Å². The molecule has 0 aliphatic carbocycles. The summed E-state index contributed by atoms with van der Waals surface area (Å²) in [5, 5.41) is 13.7. The molecule has 24 heavy (non-hydrogen) atoms. The van der Waals surface area contributed by atoms with E-state index in [0.29, 0.717) is 13.0 Å². The van der Waals surface area contributed by atoms with Crippen LogP contribution in [0.1, 0.15) is 38.2 Å². The number of nitrogens with one attached hydrogen (secondary N) is 2. The molecule has 1 rings (SSSR count). The van der Waals surface area contributed by atoms with Crippen molar-refractivity contribution in [2.75, 3.05) is 6.54 Å². The first-order valence-corrected chi connectivity index (χ1v) is 7.95. The van der Waals surface area contributed by atoms with Gasteiger partial charge < -0.3 is 20.5 Å². The highest BCUT2D eigenvalue weighted by molar-refractivity contribution is 5.83. The van der Waals surface area contributed by atoms with Crippen molar-refractivity contribution in [2.24, 2.45) is 0 Å². The summed E-state index contributed by atoms with van der Waals surface area (Å²) >= 11 is 0. The minimum atomic E-state index is -1.05. The molecule has 0 aliphatic rings. The Morgan fingerprint density at radius 1 is 1.12 bits per heavy atom. The van der Waals surface area contributed by atoms with Crippen LogP contribution in [0.4, 0.5) is 4.79 Å². The third-order valence-corrected chi connectivity index (χ3v) is 3.31. The molecular formula is C17H24N2O5. The maximum atomic E-state index is 11.5. The van der Waals surface area contributed by atoms with Gasteiger partial charge in [0.15, 0.2) is 0 Å². The number of alkyl carbamates (subject to hydrolysis) is 1. The second kappa shape index (κ2) is 11.0. The van der Waals surface area contributed by atoms with Gasteiger partial charge in [-0.1, -0.05) is 36.8 Å². The van der Waals surface area contributed by atoms with E-state index in [9.17, 15) is 14.4 Å². The molecule has 0 bridgehead atoms. The number of carboxylic acid groups (broad SMARTS) is 1. The third-order valence-electron chi connectivity index (χ3n) is 3.31. The maximum absolute atomic E-state index is 11.5. The molecule has 0 fully saturated rings. The average Bonchev–Trinajstić information content (AvgIpc) is 2.56. The van der Waals surface area contributed by atoms with Crippen molar-refractivity contribution in [1.82, 2.24) is 10.6 Å². The van der Waals surface area contributed by atoms with Gasteiger partial charge in [-0.05, 0) is 25.3 Å². The lowest BCUT2D eigenvalue weighted by Crippen LogP contribution is -2.38. The Hall–Kier alpha value is -2.57. The lowest BCUT2D eigenvalue weighted by molar-refractivity contribution is -0.141. The third kappa shape index (κ3) is 8.77. The van der Waals surface area contributed by atoms with Gasteiger partial charge in [-0.25, -0.2) is 4.79 Å². The number of rotatable bonds is 10. The molecule has 1 aromatic rings. The molecule has 3 N–H and O–H groups in total. The molecule has 0 saturated heterocycles. The fraction of sp³-hybridized carbons (Fsp3) is 0.471. The van der Waals surface area contributed by atoms with Crippen LogP contribution in [0.15, 0.2) is 30.3 Å². The number of unbranched alkanes of at least 4 members (excludes halogenated alkanes) is 2. The van der Waals surface area contributed by atoms with Gasteiger partial charge >= 0.3 is 12.1 Å². The highest BCUT2D eigenvalue weighted by Gasteiger charge is 2.13. The number of benzene rings is 1. The van der Waals surface area contributed by atoms with Gasteiger partial charge in [0, 0.05) is 13.0 Å². The number of carbonyl (C=O) groups excluding carboxylic acids is 2. The Kier molecular flexibility index (Phi) is 8.96.